The van der Waals surface area contributed by atoms with E-state index in [0.717, 1.165) is 0 Å². The fraction of sp³-hybridized carbons (Fsp3) is 0.429. The summed E-state index contributed by atoms with van der Waals surface area (Å²) in [6, 6.07) is 4.73. The number of hydrogen-bond donors (Lipinski definition) is 0. The smallest absolute Gasteiger partial charge is 0.152 e. The Labute approximate surface area is 122 Å². The fourth-order valence-corrected chi connectivity index (χ4v) is 4.41. The van der Waals surface area contributed by atoms with Crippen molar-refractivity contribution in [1.29, 1.82) is 0 Å². The molecule has 1 aromatic carbocycles. The van der Waals surface area contributed by atoms with Crippen molar-refractivity contribution in [2.45, 2.75) is 6.92 Å². The molecule has 0 bridgehead atoms. The summed E-state index contributed by atoms with van der Waals surface area (Å²) in [7, 11) is -3.03. The molecule has 1 unspecified atom stereocenters. The molecule has 1 saturated heterocycles. The van der Waals surface area contributed by atoms with E-state index in [4.69, 9.17) is 0 Å². The van der Waals surface area contributed by atoms with E-state index in [-0.39, 0.29) is 22.9 Å². The van der Waals surface area contributed by atoms with Gasteiger partial charge >= 0.3 is 0 Å². The average Bonchev–Trinajstić information content (AvgIpc) is 2.56. The number of sulfone groups is 1. The zero-order valence-electron chi connectivity index (χ0n) is 11.7. The molecule has 2 heterocycles. The van der Waals surface area contributed by atoms with E-state index >= 15 is 0 Å². The first kappa shape index (κ1) is 14.2. The van der Waals surface area contributed by atoms with Gasteiger partial charge in [-0.05, 0) is 18.1 Å². The topological polar surface area (TPSA) is 63.2 Å². The van der Waals surface area contributed by atoms with Gasteiger partial charge in [0, 0.05) is 18.5 Å². The molecule has 0 spiro atoms. The maximum atomic E-state index is 13.8. The van der Waals surface area contributed by atoms with Gasteiger partial charge in [0.05, 0.1) is 11.5 Å². The van der Waals surface area contributed by atoms with Crippen LogP contribution in [0.1, 0.15) is 6.92 Å². The van der Waals surface area contributed by atoms with Crippen molar-refractivity contribution in [2.75, 3.05) is 29.5 Å². The van der Waals surface area contributed by atoms with Crippen LogP contribution in [0.5, 0.6) is 0 Å². The van der Waals surface area contributed by atoms with Gasteiger partial charge in [-0.1, -0.05) is 13.0 Å². The molecule has 1 aliphatic heterocycles. The first-order valence-corrected chi connectivity index (χ1v) is 8.63. The number of halogens is 1. The molecule has 0 saturated carbocycles. The maximum Gasteiger partial charge on any atom is 0.152 e. The summed E-state index contributed by atoms with van der Waals surface area (Å²) in [5.74, 6) is 0.491. The molecule has 1 atom stereocenters. The minimum absolute atomic E-state index is 0.0103. The van der Waals surface area contributed by atoms with Crippen molar-refractivity contribution in [1.82, 2.24) is 9.97 Å². The van der Waals surface area contributed by atoms with Crippen LogP contribution in [-0.2, 0) is 9.84 Å². The molecule has 112 valence electrons. The number of benzene rings is 1. The standard InChI is InChI=1S/C14H16FN3O2S/c1-10-7-18(5-6-21(19,20)8-10)14-11-3-2-4-12(15)13(11)16-9-17-14/h2-4,9-10H,5-8H2,1H3. The van der Waals surface area contributed by atoms with Gasteiger partial charge in [0.25, 0.3) is 0 Å². The summed E-state index contributed by atoms with van der Waals surface area (Å²) in [5.41, 5.74) is 0.266. The Kier molecular flexibility index (Phi) is 3.52. The minimum atomic E-state index is -3.03. The molecule has 0 N–H and O–H groups in total. The number of anilines is 1. The van der Waals surface area contributed by atoms with Crippen LogP contribution < -0.4 is 4.90 Å². The highest BCUT2D eigenvalue weighted by molar-refractivity contribution is 7.91. The highest BCUT2D eigenvalue weighted by Gasteiger charge is 2.26. The lowest BCUT2D eigenvalue weighted by molar-refractivity contribution is 0.581. The minimum Gasteiger partial charge on any atom is -0.355 e. The van der Waals surface area contributed by atoms with Crippen LogP contribution in [0, 0.1) is 11.7 Å². The number of nitrogens with zero attached hydrogens (tertiary/aromatic N) is 3. The van der Waals surface area contributed by atoms with Gasteiger partial charge in [-0.25, -0.2) is 22.8 Å². The predicted octanol–water partition coefficient (Wildman–Crippen LogP) is 1.64. The quantitative estimate of drug-likeness (QED) is 0.801. The van der Waals surface area contributed by atoms with Crippen LogP contribution in [0.15, 0.2) is 24.5 Å². The summed E-state index contributed by atoms with van der Waals surface area (Å²) >= 11 is 0. The Morgan fingerprint density at radius 2 is 2.14 bits per heavy atom. The van der Waals surface area contributed by atoms with E-state index in [2.05, 4.69) is 9.97 Å². The number of aromatic nitrogens is 2. The van der Waals surface area contributed by atoms with Crippen LogP contribution in [0.4, 0.5) is 10.2 Å². The summed E-state index contributed by atoms with van der Waals surface area (Å²) in [6.07, 6.45) is 1.32. The first-order chi connectivity index (χ1) is 9.96. The zero-order chi connectivity index (χ0) is 15.0. The second-order valence-electron chi connectivity index (χ2n) is 5.50. The number of hydrogen-bond acceptors (Lipinski definition) is 5. The van der Waals surface area contributed by atoms with Crippen molar-refractivity contribution in [3.63, 3.8) is 0 Å². The Morgan fingerprint density at radius 3 is 2.95 bits per heavy atom. The van der Waals surface area contributed by atoms with E-state index < -0.39 is 15.7 Å². The molecule has 21 heavy (non-hydrogen) atoms. The van der Waals surface area contributed by atoms with Gasteiger partial charge in [0.2, 0.25) is 0 Å². The molecule has 0 aliphatic carbocycles. The van der Waals surface area contributed by atoms with Crippen molar-refractivity contribution in [2.24, 2.45) is 5.92 Å². The molecule has 7 heteroatoms. The molecular weight excluding hydrogens is 293 g/mol. The van der Waals surface area contributed by atoms with Gasteiger partial charge in [0.1, 0.15) is 23.5 Å². The van der Waals surface area contributed by atoms with Crippen molar-refractivity contribution >= 4 is 26.6 Å². The predicted molar refractivity (Wildman–Crippen MR) is 79.5 cm³/mol. The molecule has 2 aromatic rings. The second-order valence-corrected chi connectivity index (χ2v) is 7.73. The van der Waals surface area contributed by atoms with Crippen LogP contribution in [0.2, 0.25) is 0 Å². The lowest BCUT2D eigenvalue weighted by atomic mass is 10.1. The van der Waals surface area contributed by atoms with E-state index in [1.165, 1.54) is 12.4 Å². The lowest BCUT2D eigenvalue weighted by Gasteiger charge is -2.24. The summed E-state index contributed by atoms with van der Waals surface area (Å²) in [6.45, 7) is 2.86. The molecular formula is C14H16FN3O2S. The Morgan fingerprint density at radius 1 is 1.33 bits per heavy atom. The molecule has 1 fully saturated rings. The maximum absolute atomic E-state index is 13.8. The number of fused-ring (bicyclic) bond motifs is 1. The third-order valence-corrected chi connectivity index (χ3v) is 5.52. The molecule has 3 rings (SSSR count). The highest BCUT2D eigenvalue weighted by atomic mass is 32.2. The van der Waals surface area contributed by atoms with Crippen LogP contribution in [-0.4, -0.2) is 43.0 Å². The fourth-order valence-electron chi connectivity index (χ4n) is 2.77. The summed E-state index contributed by atoms with van der Waals surface area (Å²) in [4.78, 5) is 10.1. The normalized spacial score (nSPS) is 22.2. The van der Waals surface area contributed by atoms with Crippen molar-refractivity contribution in [3.8, 4) is 0 Å². The van der Waals surface area contributed by atoms with E-state index in [1.54, 1.807) is 12.1 Å². The van der Waals surface area contributed by atoms with Crippen molar-refractivity contribution < 1.29 is 12.8 Å². The van der Waals surface area contributed by atoms with Crippen molar-refractivity contribution in [3.05, 3.63) is 30.3 Å². The molecule has 0 amide bonds. The monoisotopic (exact) mass is 309 g/mol. The summed E-state index contributed by atoms with van der Waals surface area (Å²) in [5, 5.41) is 0.615. The van der Waals surface area contributed by atoms with Gasteiger partial charge < -0.3 is 4.90 Å². The largest absolute Gasteiger partial charge is 0.355 e. The Hall–Kier alpha value is -1.76. The number of rotatable bonds is 1. The van der Waals surface area contributed by atoms with Gasteiger partial charge in [-0.3, -0.25) is 0 Å². The average molecular weight is 309 g/mol. The third-order valence-electron chi connectivity index (χ3n) is 3.64. The lowest BCUT2D eigenvalue weighted by Crippen LogP contribution is -2.30. The summed E-state index contributed by atoms with van der Waals surface area (Å²) < 4.78 is 37.5. The SMILES string of the molecule is CC1CN(c2ncnc3c(F)cccc23)CCS(=O)(=O)C1. The first-order valence-electron chi connectivity index (χ1n) is 6.81. The molecule has 1 aliphatic rings. The third kappa shape index (κ3) is 2.83. The van der Waals surface area contributed by atoms with Gasteiger partial charge in [-0.15, -0.1) is 0 Å². The Balaban J connectivity index is 2.06. The zero-order valence-corrected chi connectivity index (χ0v) is 12.5. The van der Waals surface area contributed by atoms with Crippen LogP contribution in [0.25, 0.3) is 10.9 Å². The Bertz CT molecular complexity index is 779. The van der Waals surface area contributed by atoms with Crippen LogP contribution >= 0.6 is 0 Å². The van der Waals surface area contributed by atoms with Gasteiger partial charge in [-0.2, -0.15) is 0 Å². The van der Waals surface area contributed by atoms with E-state index in [9.17, 15) is 12.8 Å². The van der Waals surface area contributed by atoms with E-state index in [1.807, 2.05) is 11.8 Å². The second kappa shape index (κ2) is 5.22. The number of para-hydroxylation sites is 1. The molecule has 0 radical (unpaired) electrons. The van der Waals surface area contributed by atoms with Crippen LogP contribution in [0.3, 0.4) is 0 Å². The molecule has 1 aromatic heterocycles. The van der Waals surface area contributed by atoms with Gasteiger partial charge in [0.15, 0.2) is 9.84 Å². The molecule has 5 nitrogen and oxygen atoms in total. The highest BCUT2D eigenvalue weighted by Crippen LogP contribution is 2.26. The van der Waals surface area contributed by atoms with E-state index in [0.29, 0.717) is 24.3 Å².